The molecule has 0 amide bonds. The Kier molecular flexibility index (Phi) is 4.58. The summed E-state index contributed by atoms with van der Waals surface area (Å²) in [4.78, 5) is 0. The number of fused-ring (bicyclic) bond motifs is 2. The zero-order chi connectivity index (χ0) is 20.9. The molecule has 2 aliphatic rings. The van der Waals surface area contributed by atoms with E-state index in [0.29, 0.717) is 0 Å². The van der Waals surface area contributed by atoms with Crippen molar-refractivity contribution in [3.8, 4) is 5.69 Å². The molecule has 5 heteroatoms. The van der Waals surface area contributed by atoms with Crippen LogP contribution in [0.25, 0.3) is 11.8 Å². The SMILES string of the molecule is C[C@]12Cc3cnn(-c4ccc(F)cc4)c3C=C1CCC[C@@H]2[C@@H](O)c1ccc(F)cc1. The maximum absolute atomic E-state index is 13.3. The molecule has 1 N–H and O–H groups in total. The highest BCUT2D eigenvalue weighted by atomic mass is 19.1. The van der Waals surface area contributed by atoms with E-state index in [1.165, 1.54) is 29.8 Å². The topological polar surface area (TPSA) is 38.0 Å². The Morgan fingerprint density at radius 1 is 1.07 bits per heavy atom. The maximum Gasteiger partial charge on any atom is 0.123 e. The zero-order valence-corrected chi connectivity index (χ0v) is 16.9. The van der Waals surface area contributed by atoms with Crippen molar-refractivity contribution in [3.05, 3.63) is 88.8 Å². The predicted molar refractivity (Wildman–Crippen MR) is 112 cm³/mol. The minimum absolute atomic E-state index is 0.0466. The second-order valence-electron chi connectivity index (χ2n) is 8.70. The molecule has 3 atom stereocenters. The van der Waals surface area contributed by atoms with Crippen molar-refractivity contribution >= 4 is 6.08 Å². The van der Waals surface area contributed by atoms with Gasteiger partial charge < -0.3 is 5.11 Å². The lowest BCUT2D eigenvalue weighted by molar-refractivity contribution is 0.0217. The summed E-state index contributed by atoms with van der Waals surface area (Å²) < 4.78 is 28.5. The molecule has 0 saturated heterocycles. The van der Waals surface area contributed by atoms with Gasteiger partial charge in [-0.25, -0.2) is 13.5 Å². The van der Waals surface area contributed by atoms with Crippen molar-refractivity contribution < 1.29 is 13.9 Å². The molecule has 3 aromatic rings. The molecule has 154 valence electrons. The van der Waals surface area contributed by atoms with Gasteiger partial charge in [0.15, 0.2) is 0 Å². The summed E-state index contributed by atoms with van der Waals surface area (Å²) in [7, 11) is 0. The number of hydrogen-bond acceptors (Lipinski definition) is 2. The molecule has 1 aromatic heterocycles. The summed E-state index contributed by atoms with van der Waals surface area (Å²) >= 11 is 0. The maximum atomic E-state index is 13.3. The van der Waals surface area contributed by atoms with Crippen LogP contribution in [0.1, 0.15) is 49.1 Å². The van der Waals surface area contributed by atoms with Crippen molar-refractivity contribution in [2.24, 2.45) is 11.3 Å². The van der Waals surface area contributed by atoms with Crippen LogP contribution in [0.4, 0.5) is 8.78 Å². The van der Waals surface area contributed by atoms with Crippen LogP contribution in [0, 0.1) is 23.0 Å². The molecule has 0 bridgehead atoms. The number of rotatable bonds is 3. The van der Waals surface area contributed by atoms with E-state index < -0.39 is 6.10 Å². The van der Waals surface area contributed by atoms with E-state index in [0.717, 1.165) is 48.2 Å². The van der Waals surface area contributed by atoms with Gasteiger partial charge in [0.1, 0.15) is 11.6 Å². The van der Waals surface area contributed by atoms with Crippen molar-refractivity contribution in [1.82, 2.24) is 9.78 Å². The summed E-state index contributed by atoms with van der Waals surface area (Å²) in [6.45, 7) is 2.23. The van der Waals surface area contributed by atoms with E-state index in [2.05, 4.69) is 18.1 Å². The van der Waals surface area contributed by atoms with Crippen LogP contribution in [0.15, 0.2) is 60.3 Å². The fraction of sp³-hybridized carbons (Fsp3) is 0.320. The fourth-order valence-corrected chi connectivity index (χ4v) is 5.27. The molecule has 0 unspecified atom stereocenters. The molecular weight excluding hydrogens is 382 g/mol. The Hall–Kier alpha value is -2.79. The predicted octanol–water partition coefficient (Wildman–Crippen LogP) is 5.63. The highest BCUT2D eigenvalue weighted by Gasteiger charge is 2.46. The van der Waals surface area contributed by atoms with Crippen LogP contribution in [0.2, 0.25) is 0 Å². The van der Waals surface area contributed by atoms with Crippen molar-refractivity contribution in [2.45, 2.75) is 38.7 Å². The van der Waals surface area contributed by atoms with Crippen LogP contribution in [-0.4, -0.2) is 14.9 Å². The first-order valence-electron chi connectivity index (χ1n) is 10.4. The van der Waals surface area contributed by atoms with E-state index in [1.54, 1.807) is 24.3 Å². The first kappa shape index (κ1) is 19.2. The van der Waals surface area contributed by atoms with Gasteiger partial charge in [-0.2, -0.15) is 5.10 Å². The summed E-state index contributed by atoms with van der Waals surface area (Å²) in [5.74, 6) is -0.516. The molecule has 1 fully saturated rings. The minimum Gasteiger partial charge on any atom is -0.388 e. The lowest BCUT2D eigenvalue weighted by Crippen LogP contribution is -2.40. The van der Waals surface area contributed by atoms with E-state index >= 15 is 0 Å². The third-order valence-corrected chi connectivity index (χ3v) is 6.93. The second-order valence-corrected chi connectivity index (χ2v) is 8.70. The molecule has 0 aliphatic heterocycles. The number of aliphatic hydroxyl groups excluding tert-OH is 1. The van der Waals surface area contributed by atoms with E-state index in [-0.39, 0.29) is 23.0 Å². The quantitative estimate of drug-likeness (QED) is 0.612. The number of nitrogens with zero attached hydrogens (tertiary/aromatic N) is 2. The molecule has 1 saturated carbocycles. The largest absolute Gasteiger partial charge is 0.388 e. The smallest absolute Gasteiger partial charge is 0.123 e. The van der Waals surface area contributed by atoms with Crippen molar-refractivity contribution in [1.29, 1.82) is 0 Å². The molecule has 5 rings (SSSR count). The zero-order valence-electron chi connectivity index (χ0n) is 16.9. The molecule has 2 aromatic carbocycles. The molecular formula is C25H24F2N2O. The normalized spacial score (nSPS) is 24.0. The Morgan fingerprint density at radius 3 is 2.43 bits per heavy atom. The Balaban J connectivity index is 1.51. The first-order chi connectivity index (χ1) is 14.5. The highest BCUT2D eigenvalue weighted by molar-refractivity contribution is 5.61. The molecule has 30 heavy (non-hydrogen) atoms. The minimum atomic E-state index is -0.645. The van der Waals surface area contributed by atoms with Crippen LogP contribution < -0.4 is 0 Å². The van der Waals surface area contributed by atoms with Gasteiger partial charge in [0.2, 0.25) is 0 Å². The summed E-state index contributed by atoms with van der Waals surface area (Å²) in [5.41, 5.74) is 4.88. The average molecular weight is 406 g/mol. The van der Waals surface area contributed by atoms with Crippen molar-refractivity contribution in [3.63, 3.8) is 0 Å². The van der Waals surface area contributed by atoms with Crippen LogP contribution >= 0.6 is 0 Å². The van der Waals surface area contributed by atoms with Crippen LogP contribution in [0.5, 0.6) is 0 Å². The molecule has 1 heterocycles. The van der Waals surface area contributed by atoms with Crippen LogP contribution in [-0.2, 0) is 6.42 Å². The number of aromatic nitrogens is 2. The summed E-state index contributed by atoms with van der Waals surface area (Å²) in [6, 6.07) is 12.5. The van der Waals surface area contributed by atoms with E-state index in [4.69, 9.17) is 0 Å². The van der Waals surface area contributed by atoms with Gasteiger partial charge in [0, 0.05) is 0 Å². The van der Waals surface area contributed by atoms with Crippen molar-refractivity contribution in [2.75, 3.05) is 0 Å². The second kappa shape index (κ2) is 7.17. The lowest BCUT2D eigenvalue weighted by atomic mass is 9.57. The van der Waals surface area contributed by atoms with Gasteiger partial charge in [-0.3, -0.25) is 0 Å². The number of aliphatic hydroxyl groups is 1. The summed E-state index contributed by atoms with van der Waals surface area (Å²) in [5, 5.41) is 15.8. The van der Waals surface area contributed by atoms with Gasteiger partial charge >= 0.3 is 0 Å². The Bertz CT molecular complexity index is 1100. The van der Waals surface area contributed by atoms with Gasteiger partial charge in [0.05, 0.1) is 23.7 Å². The van der Waals surface area contributed by atoms with Crippen LogP contribution in [0.3, 0.4) is 0 Å². The number of hydrogen-bond donors (Lipinski definition) is 1. The van der Waals surface area contributed by atoms with Gasteiger partial charge in [-0.05, 0) is 90.6 Å². The summed E-state index contributed by atoms with van der Waals surface area (Å²) in [6.07, 6.45) is 7.15. The third kappa shape index (κ3) is 3.08. The van der Waals surface area contributed by atoms with Gasteiger partial charge in [-0.15, -0.1) is 0 Å². The Labute approximate surface area is 174 Å². The third-order valence-electron chi connectivity index (χ3n) is 6.93. The Morgan fingerprint density at radius 2 is 1.73 bits per heavy atom. The fourth-order valence-electron chi connectivity index (χ4n) is 5.27. The molecule has 0 radical (unpaired) electrons. The van der Waals surface area contributed by atoms with Gasteiger partial charge in [0.25, 0.3) is 0 Å². The molecule has 0 spiro atoms. The highest BCUT2D eigenvalue weighted by Crippen LogP contribution is 2.54. The van der Waals surface area contributed by atoms with Gasteiger partial charge in [-0.1, -0.05) is 24.6 Å². The lowest BCUT2D eigenvalue weighted by Gasteiger charge is -2.47. The van der Waals surface area contributed by atoms with E-state index in [1.807, 2.05) is 10.9 Å². The molecule has 3 nitrogen and oxygen atoms in total. The average Bonchev–Trinajstić information content (AvgIpc) is 3.14. The standard InChI is InChI=1S/C25H24F2N2O/c1-25-14-17-15-28-29(21-11-9-20(27)10-12-21)23(17)13-18(25)3-2-4-22(25)24(30)16-5-7-19(26)8-6-16/h5-13,15,22,24,30H,2-4,14H2,1H3/t22-,24+,25+/m1/s1. The number of benzene rings is 2. The first-order valence-corrected chi connectivity index (χ1v) is 10.4. The monoisotopic (exact) mass is 406 g/mol. The number of halogens is 2. The van der Waals surface area contributed by atoms with E-state index in [9.17, 15) is 13.9 Å². The number of allylic oxidation sites excluding steroid dienone is 1. The molecule has 2 aliphatic carbocycles.